The standard InChI is InChI=1S/C23H27F3O/c1-13-11-15-7-3-5-9-17(15)20(14(13)2)21-18-10-6-4-8-16(18)12-19(22(21)27)23(24,25)26/h11-14,27H,3-10H2,1-2H3/t13-,14-/m0/s1. The first kappa shape index (κ1) is 18.6. The lowest BCUT2D eigenvalue weighted by molar-refractivity contribution is -0.138. The minimum absolute atomic E-state index is 0.113. The number of phenolic OH excluding ortho intramolecular Hbond substituents is 1. The highest BCUT2D eigenvalue weighted by Crippen LogP contribution is 2.51. The van der Waals surface area contributed by atoms with Crippen LogP contribution in [0.3, 0.4) is 0 Å². The molecule has 2 atom stereocenters. The van der Waals surface area contributed by atoms with Gasteiger partial charge in [-0.15, -0.1) is 0 Å². The van der Waals surface area contributed by atoms with E-state index in [1.807, 2.05) is 0 Å². The molecule has 1 fully saturated rings. The molecule has 0 heterocycles. The van der Waals surface area contributed by atoms with Gasteiger partial charge in [-0.3, -0.25) is 0 Å². The monoisotopic (exact) mass is 376 g/mol. The number of rotatable bonds is 1. The Kier molecular flexibility index (Phi) is 4.64. The van der Waals surface area contributed by atoms with Crippen molar-refractivity contribution in [3.63, 3.8) is 0 Å². The Hall–Kier alpha value is -1.71. The molecule has 1 saturated carbocycles. The minimum atomic E-state index is -4.54. The fraction of sp³-hybridized carbons (Fsp3) is 0.565. The fourth-order valence-corrected chi connectivity index (χ4v) is 5.20. The molecular formula is C23H27F3O. The first-order valence-electron chi connectivity index (χ1n) is 10.2. The third-order valence-electron chi connectivity index (χ3n) is 6.74. The zero-order valence-corrected chi connectivity index (χ0v) is 16.0. The highest BCUT2D eigenvalue weighted by Gasteiger charge is 2.39. The molecule has 0 aromatic heterocycles. The van der Waals surface area contributed by atoms with Crippen LogP contribution in [-0.4, -0.2) is 5.11 Å². The maximum absolute atomic E-state index is 13.7. The summed E-state index contributed by atoms with van der Waals surface area (Å²) in [5.41, 5.74) is 4.87. The number of allylic oxidation sites excluding steroid dienone is 4. The molecule has 0 radical (unpaired) electrons. The zero-order chi connectivity index (χ0) is 19.3. The van der Waals surface area contributed by atoms with Crippen LogP contribution in [0.1, 0.15) is 74.6 Å². The van der Waals surface area contributed by atoms with Crippen LogP contribution >= 0.6 is 0 Å². The van der Waals surface area contributed by atoms with Gasteiger partial charge in [0.15, 0.2) is 0 Å². The minimum Gasteiger partial charge on any atom is -0.507 e. The van der Waals surface area contributed by atoms with Gasteiger partial charge in [-0.25, -0.2) is 0 Å². The number of benzene rings is 1. The van der Waals surface area contributed by atoms with Crippen LogP contribution in [0, 0.1) is 11.8 Å². The summed E-state index contributed by atoms with van der Waals surface area (Å²) in [6, 6.07) is 1.20. The van der Waals surface area contributed by atoms with Crippen molar-refractivity contribution in [1.29, 1.82) is 0 Å². The fourth-order valence-electron chi connectivity index (χ4n) is 5.20. The van der Waals surface area contributed by atoms with E-state index in [4.69, 9.17) is 0 Å². The van der Waals surface area contributed by atoms with Gasteiger partial charge < -0.3 is 5.11 Å². The molecule has 4 rings (SSSR count). The number of hydrogen-bond acceptors (Lipinski definition) is 1. The van der Waals surface area contributed by atoms with Crippen molar-refractivity contribution in [1.82, 2.24) is 0 Å². The second-order valence-corrected chi connectivity index (χ2v) is 8.43. The quantitative estimate of drug-likeness (QED) is 0.569. The Morgan fingerprint density at radius 1 is 0.963 bits per heavy atom. The normalized spacial score (nSPS) is 25.7. The first-order valence-corrected chi connectivity index (χ1v) is 10.2. The lowest BCUT2D eigenvalue weighted by Crippen LogP contribution is -2.21. The molecule has 3 aliphatic rings. The van der Waals surface area contributed by atoms with E-state index in [0.717, 1.165) is 61.6 Å². The van der Waals surface area contributed by atoms with Crippen molar-refractivity contribution in [3.05, 3.63) is 45.5 Å². The molecule has 0 bridgehead atoms. The number of phenols is 1. The molecule has 1 nitrogen and oxygen atoms in total. The lowest BCUT2D eigenvalue weighted by atomic mass is 9.69. The number of aromatic hydroxyl groups is 1. The second-order valence-electron chi connectivity index (χ2n) is 8.43. The number of halogens is 3. The van der Waals surface area contributed by atoms with Crippen molar-refractivity contribution in [2.45, 2.75) is 71.4 Å². The van der Waals surface area contributed by atoms with E-state index in [-0.39, 0.29) is 11.8 Å². The number of alkyl halides is 3. The molecule has 27 heavy (non-hydrogen) atoms. The summed E-state index contributed by atoms with van der Waals surface area (Å²) >= 11 is 0. The van der Waals surface area contributed by atoms with Crippen LogP contribution in [0.25, 0.3) is 5.57 Å². The summed E-state index contributed by atoms with van der Waals surface area (Å²) in [4.78, 5) is 0. The van der Waals surface area contributed by atoms with E-state index >= 15 is 0 Å². The van der Waals surface area contributed by atoms with Crippen molar-refractivity contribution in [2.24, 2.45) is 11.8 Å². The molecule has 4 heteroatoms. The van der Waals surface area contributed by atoms with Gasteiger partial charge in [0.1, 0.15) is 5.75 Å². The van der Waals surface area contributed by atoms with Gasteiger partial charge in [0.25, 0.3) is 0 Å². The van der Waals surface area contributed by atoms with Crippen LogP contribution in [0.15, 0.2) is 23.3 Å². The average Bonchev–Trinajstić information content (AvgIpc) is 2.62. The highest BCUT2D eigenvalue weighted by molar-refractivity contribution is 5.83. The van der Waals surface area contributed by atoms with E-state index in [0.29, 0.717) is 12.0 Å². The van der Waals surface area contributed by atoms with E-state index in [9.17, 15) is 18.3 Å². The predicted molar refractivity (Wildman–Crippen MR) is 102 cm³/mol. The van der Waals surface area contributed by atoms with Gasteiger partial charge in [-0.05, 0) is 97.1 Å². The van der Waals surface area contributed by atoms with Crippen LogP contribution in [-0.2, 0) is 19.0 Å². The Labute approximate surface area is 159 Å². The number of hydrogen-bond donors (Lipinski definition) is 1. The van der Waals surface area contributed by atoms with Crippen LogP contribution in [0.2, 0.25) is 0 Å². The third kappa shape index (κ3) is 3.11. The Bertz CT molecular complexity index is 829. The summed E-state index contributed by atoms with van der Waals surface area (Å²) in [7, 11) is 0. The summed E-state index contributed by atoms with van der Waals surface area (Å²) in [5.74, 6) is -0.163. The van der Waals surface area contributed by atoms with Crippen LogP contribution in [0.4, 0.5) is 13.2 Å². The number of aryl methyl sites for hydroxylation is 1. The van der Waals surface area contributed by atoms with Gasteiger partial charge in [-0.2, -0.15) is 13.2 Å². The second kappa shape index (κ2) is 6.72. The molecule has 1 N–H and O–H groups in total. The SMILES string of the molecule is C[C@@H]1C(c2c(O)c(C(F)(F)F)cc3c2CCCC3)=C2CCCCC2=C[C@@H]1C. The smallest absolute Gasteiger partial charge is 0.419 e. The van der Waals surface area contributed by atoms with Crippen LogP contribution in [0.5, 0.6) is 5.75 Å². The van der Waals surface area contributed by atoms with Crippen molar-refractivity contribution >= 4 is 5.57 Å². The van der Waals surface area contributed by atoms with Gasteiger partial charge >= 0.3 is 6.18 Å². The molecule has 1 aromatic rings. The highest BCUT2D eigenvalue weighted by atomic mass is 19.4. The Morgan fingerprint density at radius 2 is 1.63 bits per heavy atom. The molecular weight excluding hydrogens is 349 g/mol. The van der Waals surface area contributed by atoms with Gasteiger partial charge in [0, 0.05) is 5.56 Å². The average molecular weight is 376 g/mol. The van der Waals surface area contributed by atoms with Crippen molar-refractivity contribution in [3.8, 4) is 5.75 Å². The topological polar surface area (TPSA) is 20.2 Å². The zero-order valence-electron chi connectivity index (χ0n) is 16.0. The van der Waals surface area contributed by atoms with E-state index in [2.05, 4.69) is 19.9 Å². The summed E-state index contributed by atoms with van der Waals surface area (Å²) in [6.45, 7) is 4.24. The van der Waals surface area contributed by atoms with E-state index in [1.54, 1.807) is 0 Å². The largest absolute Gasteiger partial charge is 0.507 e. The summed E-state index contributed by atoms with van der Waals surface area (Å²) in [6.07, 6.45) is 5.19. The van der Waals surface area contributed by atoms with Crippen LogP contribution < -0.4 is 0 Å². The Balaban J connectivity index is 2.02. The van der Waals surface area contributed by atoms with Crippen molar-refractivity contribution in [2.75, 3.05) is 0 Å². The Morgan fingerprint density at radius 3 is 2.37 bits per heavy atom. The van der Waals surface area contributed by atoms with Gasteiger partial charge in [-0.1, -0.05) is 19.9 Å². The molecule has 0 spiro atoms. The summed E-state index contributed by atoms with van der Waals surface area (Å²) in [5, 5.41) is 10.9. The van der Waals surface area contributed by atoms with E-state index in [1.165, 1.54) is 17.2 Å². The molecule has 0 unspecified atom stereocenters. The maximum Gasteiger partial charge on any atom is 0.419 e. The van der Waals surface area contributed by atoms with E-state index < -0.39 is 17.5 Å². The summed E-state index contributed by atoms with van der Waals surface area (Å²) < 4.78 is 41.1. The molecule has 146 valence electrons. The maximum atomic E-state index is 13.7. The number of fused-ring (bicyclic) bond motifs is 2. The van der Waals surface area contributed by atoms with Crippen molar-refractivity contribution < 1.29 is 18.3 Å². The van der Waals surface area contributed by atoms with Gasteiger partial charge in [0.2, 0.25) is 0 Å². The van der Waals surface area contributed by atoms with Gasteiger partial charge in [0.05, 0.1) is 5.56 Å². The predicted octanol–water partition coefficient (Wildman–Crippen LogP) is 6.83. The lowest BCUT2D eigenvalue weighted by Gasteiger charge is -2.36. The molecule has 0 saturated heterocycles. The first-order chi connectivity index (χ1) is 12.8. The molecule has 0 aliphatic heterocycles. The third-order valence-corrected chi connectivity index (χ3v) is 6.74. The molecule has 0 amide bonds. The molecule has 3 aliphatic carbocycles. The molecule has 1 aromatic carbocycles.